The number of hydrogen-bond donors (Lipinski definition) is 1. The summed E-state index contributed by atoms with van der Waals surface area (Å²) in [6.45, 7) is 2.19. The zero-order valence-corrected chi connectivity index (χ0v) is 16.9. The Morgan fingerprint density at radius 1 is 1.31 bits per heavy atom. The lowest BCUT2D eigenvalue weighted by Crippen LogP contribution is -2.35. The maximum absolute atomic E-state index is 12.8. The van der Waals surface area contributed by atoms with E-state index < -0.39 is 17.5 Å². The Morgan fingerprint density at radius 2 is 2.07 bits per heavy atom. The van der Waals surface area contributed by atoms with Crippen LogP contribution in [0.3, 0.4) is 0 Å². The third-order valence-electron chi connectivity index (χ3n) is 4.57. The topological polar surface area (TPSA) is 102 Å². The summed E-state index contributed by atoms with van der Waals surface area (Å²) in [4.78, 5) is 38.3. The summed E-state index contributed by atoms with van der Waals surface area (Å²) in [6, 6.07) is 11.5. The van der Waals surface area contributed by atoms with Gasteiger partial charge in [-0.05, 0) is 24.6 Å². The van der Waals surface area contributed by atoms with Crippen LogP contribution in [0.15, 0.2) is 47.4 Å². The lowest BCUT2D eigenvalue weighted by Gasteiger charge is -2.22. The quantitative estimate of drug-likeness (QED) is 0.451. The Labute approximate surface area is 172 Å². The summed E-state index contributed by atoms with van der Waals surface area (Å²) in [7, 11) is 1.59. The average molecular weight is 415 g/mol. The fraction of sp³-hybridized carbons (Fsp3) is 0.300. The van der Waals surface area contributed by atoms with Crippen molar-refractivity contribution < 1.29 is 19.2 Å². The molecule has 3 rings (SSSR count). The first-order valence-corrected chi connectivity index (χ1v) is 9.98. The van der Waals surface area contributed by atoms with E-state index in [0.717, 1.165) is 23.1 Å². The van der Waals surface area contributed by atoms with Crippen LogP contribution < -0.4 is 10.2 Å². The Morgan fingerprint density at radius 3 is 2.79 bits per heavy atom. The highest BCUT2D eigenvalue weighted by Crippen LogP contribution is 2.37. The minimum Gasteiger partial charge on any atom is -0.452 e. The number of non-ortho nitro benzene ring substituents is 1. The lowest BCUT2D eigenvalue weighted by atomic mass is 10.1. The van der Waals surface area contributed by atoms with Gasteiger partial charge in [0.05, 0.1) is 16.2 Å². The number of esters is 1. The standard InChI is InChI=1S/C20H21N3O5S/c1-13-9-10-22(17-5-3-4-6-18(17)29-13)19(24)12-28-20(25)15-11-14(23(26)27)7-8-16(15)21-2/h3-8,11,13,21H,9-10,12H2,1-2H3/t13-/m0/s1. The van der Waals surface area contributed by atoms with E-state index >= 15 is 0 Å². The maximum Gasteiger partial charge on any atom is 0.341 e. The van der Waals surface area contributed by atoms with E-state index in [9.17, 15) is 19.7 Å². The van der Waals surface area contributed by atoms with E-state index in [2.05, 4.69) is 12.2 Å². The Bertz CT molecular complexity index is 949. The molecule has 1 N–H and O–H groups in total. The van der Waals surface area contributed by atoms with Crippen LogP contribution >= 0.6 is 11.8 Å². The molecule has 1 amide bonds. The zero-order valence-electron chi connectivity index (χ0n) is 16.1. The second-order valence-electron chi connectivity index (χ2n) is 6.54. The number of amides is 1. The van der Waals surface area contributed by atoms with Gasteiger partial charge in [0, 0.05) is 41.6 Å². The summed E-state index contributed by atoms with van der Waals surface area (Å²) in [5, 5.41) is 14.2. The molecule has 2 aromatic rings. The summed E-state index contributed by atoms with van der Waals surface area (Å²) in [5.41, 5.74) is 0.970. The van der Waals surface area contributed by atoms with Crippen molar-refractivity contribution in [3.05, 3.63) is 58.1 Å². The molecule has 2 aromatic carbocycles. The first kappa shape index (κ1) is 20.7. The molecular formula is C20H21N3O5S. The minimum atomic E-state index is -0.794. The fourth-order valence-corrected chi connectivity index (χ4v) is 4.17. The van der Waals surface area contributed by atoms with E-state index in [-0.39, 0.29) is 17.2 Å². The van der Waals surface area contributed by atoms with Crippen molar-refractivity contribution in [3.63, 3.8) is 0 Å². The number of thioether (sulfide) groups is 1. The van der Waals surface area contributed by atoms with E-state index in [1.165, 1.54) is 12.1 Å². The van der Waals surface area contributed by atoms with E-state index in [1.54, 1.807) is 23.7 Å². The highest BCUT2D eigenvalue weighted by Gasteiger charge is 2.25. The number of para-hydroxylation sites is 1. The van der Waals surface area contributed by atoms with Gasteiger partial charge in [-0.2, -0.15) is 0 Å². The molecule has 1 atom stereocenters. The average Bonchev–Trinajstić information content (AvgIpc) is 2.89. The van der Waals surface area contributed by atoms with E-state index in [1.807, 2.05) is 24.3 Å². The van der Waals surface area contributed by atoms with Crippen LogP contribution in [0, 0.1) is 10.1 Å². The molecule has 8 nitrogen and oxygen atoms in total. The molecule has 0 spiro atoms. The summed E-state index contributed by atoms with van der Waals surface area (Å²) in [5.74, 6) is -1.13. The number of hydrogen-bond acceptors (Lipinski definition) is 7. The van der Waals surface area contributed by atoms with Crippen molar-refractivity contribution in [1.29, 1.82) is 0 Å². The highest BCUT2D eigenvalue weighted by atomic mass is 32.2. The number of carbonyl (C=O) groups excluding carboxylic acids is 2. The Balaban J connectivity index is 1.75. The predicted octanol–water partition coefficient (Wildman–Crippen LogP) is 3.71. The van der Waals surface area contributed by atoms with Gasteiger partial charge in [-0.15, -0.1) is 11.8 Å². The molecule has 0 radical (unpaired) electrons. The molecule has 29 heavy (non-hydrogen) atoms. The van der Waals surface area contributed by atoms with Crippen molar-refractivity contribution in [2.75, 3.05) is 30.4 Å². The van der Waals surface area contributed by atoms with Crippen molar-refractivity contribution in [2.45, 2.75) is 23.5 Å². The van der Waals surface area contributed by atoms with Crippen LogP contribution in [0.5, 0.6) is 0 Å². The molecular weight excluding hydrogens is 394 g/mol. The number of ether oxygens (including phenoxy) is 1. The molecule has 1 aliphatic heterocycles. The number of nitrogens with one attached hydrogen (secondary N) is 1. The van der Waals surface area contributed by atoms with Crippen LogP contribution in [0.25, 0.3) is 0 Å². The molecule has 0 unspecified atom stereocenters. The normalized spacial score (nSPS) is 15.8. The van der Waals surface area contributed by atoms with Gasteiger partial charge in [0.2, 0.25) is 0 Å². The van der Waals surface area contributed by atoms with Gasteiger partial charge in [-0.3, -0.25) is 14.9 Å². The smallest absolute Gasteiger partial charge is 0.341 e. The number of anilines is 2. The largest absolute Gasteiger partial charge is 0.452 e. The van der Waals surface area contributed by atoms with Gasteiger partial charge in [0.25, 0.3) is 11.6 Å². The molecule has 152 valence electrons. The number of benzene rings is 2. The highest BCUT2D eigenvalue weighted by molar-refractivity contribution is 8.00. The summed E-state index contributed by atoms with van der Waals surface area (Å²) < 4.78 is 5.20. The molecule has 0 aromatic heterocycles. The lowest BCUT2D eigenvalue weighted by molar-refractivity contribution is -0.384. The van der Waals surface area contributed by atoms with Gasteiger partial charge < -0.3 is 15.0 Å². The Hall–Kier alpha value is -3.07. The van der Waals surface area contributed by atoms with Crippen molar-refractivity contribution in [2.24, 2.45) is 0 Å². The number of nitro benzene ring substituents is 1. The first-order valence-electron chi connectivity index (χ1n) is 9.10. The van der Waals surface area contributed by atoms with Crippen LogP contribution in [-0.2, 0) is 9.53 Å². The SMILES string of the molecule is CNc1ccc([N+](=O)[O-])cc1C(=O)OCC(=O)N1CC[C@H](C)Sc2ccccc21. The van der Waals surface area contributed by atoms with Crippen molar-refractivity contribution in [3.8, 4) is 0 Å². The van der Waals surface area contributed by atoms with E-state index in [0.29, 0.717) is 17.5 Å². The fourth-order valence-electron chi connectivity index (χ4n) is 3.06. The number of carbonyl (C=O) groups is 2. The zero-order chi connectivity index (χ0) is 21.0. The number of nitro groups is 1. The van der Waals surface area contributed by atoms with Crippen molar-refractivity contribution >= 4 is 40.7 Å². The van der Waals surface area contributed by atoms with Crippen LogP contribution in [0.2, 0.25) is 0 Å². The summed E-state index contributed by atoms with van der Waals surface area (Å²) >= 11 is 1.71. The van der Waals surface area contributed by atoms with Gasteiger partial charge >= 0.3 is 5.97 Å². The third kappa shape index (κ3) is 4.68. The molecule has 1 heterocycles. The molecule has 1 aliphatic rings. The maximum atomic E-state index is 12.8. The van der Waals surface area contributed by atoms with Crippen LogP contribution in [0.4, 0.5) is 17.1 Å². The van der Waals surface area contributed by atoms with Gasteiger partial charge in [-0.25, -0.2) is 4.79 Å². The van der Waals surface area contributed by atoms with Gasteiger partial charge in [0.15, 0.2) is 6.61 Å². The Kier molecular flexibility index (Phi) is 6.38. The molecule has 9 heteroatoms. The third-order valence-corrected chi connectivity index (χ3v) is 5.81. The monoisotopic (exact) mass is 415 g/mol. The molecule has 0 aliphatic carbocycles. The summed E-state index contributed by atoms with van der Waals surface area (Å²) in [6.07, 6.45) is 0.813. The van der Waals surface area contributed by atoms with Crippen LogP contribution in [-0.4, -0.2) is 42.2 Å². The molecule has 0 bridgehead atoms. The first-order chi connectivity index (χ1) is 13.9. The number of fused-ring (bicyclic) bond motifs is 1. The minimum absolute atomic E-state index is 0.00921. The predicted molar refractivity (Wildman–Crippen MR) is 112 cm³/mol. The van der Waals surface area contributed by atoms with Gasteiger partial charge in [-0.1, -0.05) is 19.1 Å². The van der Waals surface area contributed by atoms with Crippen molar-refractivity contribution in [1.82, 2.24) is 0 Å². The van der Waals surface area contributed by atoms with E-state index in [4.69, 9.17) is 4.74 Å². The second kappa shape index (κ2) is 8.95. The van der Waals surface area contributed by atoms with Gasteiger partial charge in [0.1, 0.15) is 0 Å². The number of rotatable bonds is 5. The second-order valence-corrected chi connectivity index (χ2v) is 8.02. The molecule has 0 saturated heterocycles. The molecule has 0 saturated carbocycles. The molecule has 0 fully saturated rings. The van der Waals surface area contributed by atoms with Crippen LogP contribution in [0.1, 0.15) is 23.7 Å². The number of nitrogens with zero attached hydrogens (tertiary/aromatic N) is 2.